The summed E-state index contributed by atoms with van der Waals surface area (Å²) in [7, 11) is -3.36. The normalized spacial score (nSPS) is 14.8. The second-order valence-corrected chi connectivity index (χ2v) is 10.1. The van der Waals surface area contributed by atoms with Crippen LogP contribution in [0.1, 0.15) is 48.0 Å². The van der Waals surface area contributed by atoms with E-state index in [1.54, 1.807) is 12.1 Å². The molecule has 172 valence electrons. The second kappa shape index (κ2) is 9.72. The number of alkyl halides is 3. The second-order valence-electron chi connectivity index (χ2n) is 7.65. The number of rotatable bonds is 7. The molecule has 3 rings (SSSR count). The Labute approximate surface area is 184 Å². The van der Waals surface area contributed by atoms with Crippen LogP contribution in [-0.4, -0.2) is 31.2 Å². The van der Waals surface area contributed by atoms with E-state index in [4.69, 9.17) is 0 Å². The number of hydrogen-bond donors (Lipinski definition) is 2. The lowest BCUT2D eigenvalue weighted by Crippen LogP contribution is -2.25. The molecule has 2 aromatic carbocycles. The lowest BCUT2D eigenvalue weighted by Gasteiger charge is -2.14. The van der Waals surface area contributed by atoms with Crippen LogP contribution in [0.15, 0.2) is 48.5 Å². The molecule has 0 spiro atoms. The highest BCUT2D eigenvalue weighted by Gasteiger charge is 2.31. The van der Waals surface area contributed by atoms with E-state index < -0.39 is 38.6 Å². The molecule has 32 heavy (non-hydrogen) atoms. The van der Waals surface area contributed by atoms with Crippen molar-refractivity contribution in [1.82, 2.24) is 0 Å². The molecule has 0 aromatic heterocycles. The van der Waals surface area contributed by atoms with Gasteiger partial charge in [-0.25, -0.2) is 8.42 Å². The van der Waals surface area contributed by atoms with Crippen LogP contribution in [-0.2, 0) is 20.8 Å². The number of para-hydroxylation sites is 1. The first-order valence-electron chi connectivity index (χ1n) is 10.2. The van der Waals surface area contributed by atoms with Crippen LogP contribution >= 0.6 is 0 Å². The van der Waals surface area contributed by atoms with Gasteiger partial charge in [-0.1, -0.05) is 31.0 Å². The molecule has 1 aliphatic carbocycles. The molecule has 0 radical (unpaired) electrons. The van der Waals surface area contributed by atoms with Gasteiger partial charge in [-0.05, 0) is 43.2 Å². The third kappa shape index (κ3) is 6.09. The summed E-state index contributed by atoms with van der Waals surface area (Å²) < 4.78 is 63.3. The van der Waals surface area contributed by atoms with Gasteiger partial charge in [0, 0.05) is 12.1 Å². The van der Waals surface area contributed by atoms with Gasteiger partial charge in [0.1, 0.15) is 0 Å². The molecule has 0 heterocycles. The fourth-order valence-corrected chi connectivity index (χ4v) is 5.48. The molecule has 0 aliphatic heterocycles. The maximum atomic E-state index is 12.9. The van der Waals surface area contributed by atoms with Crippen molar-refractivity contribution in [2.75, 3.05) is 16.4 Å². The maximum Gasteiger partial charge on any atom is 0.416 e. The van der Waals surface area contributed by atoms with Gasteiger partial charge in [0.05, 0.1) is 27.8 Å². The molecule has 1 aliphatic rings. The first-order chi connectivity index (χ1) is 15.1. The zero-order valence-corrected chi connectivity index (χ0v) is 17.9. The highest BCUT2D eigenvalue weighted by Crippen LogP contribution is 2.31. The van der Waals surface area contributed by atoms with Crippen molar-refractivity contribution in [3.8, 4) is 0 Å². The van der Waals surface area contributed by atoms with E-state index >= 15 is 0 Å². The van der Waals surface area contributed by atoms with Gasteiger partial charge in [0.2, 0.25) is 5.91 Å². The molecule has 2 amide bonds. The van der Waals surface area contributed by atoms with Crippen molar-refractivity contribution in [2.45, 2.75) is 43.5 Å². The lowest BCUT2D eigenvalue weighted by molar-refractivity contribution is -0.137. The summed E-state index contributed by atoms with van der Waals surface area (Å²) in [6.45, 7) is 0. The minimum absolute atomic E-state index is 0.0388. The minimum atomic E-state index is -4.55. The van der Waals surface area contributed by atoms with Gasteiger partial charge >= 0.3 is 6.18 Å². The molecule has 10 heteroatoms. The third-order valence-corrected chi connectivity index (χ3v) is 7.58. The summed E-state index contributed by atoms with van der Waals surface area (Å²) in [5, 5.41) is 4.52. The molecule has 0 unspecified atom stereocenters. The van der Waals surface area contributed by atoms with Gasteiger partial charge in [-0.15, -0.1) is 0 Å². The summed E-state index contributed by atoms with van der Waals surface area (Å²) in [4.78, 5) is 25.0. The number of carbonyl (C=O) groups excluding carboxylic acids is 2. The fraction of sp³-hybridized carbons (Fsp3) is 0.364. The number of amides is 2. The van der Waals surface area contributed by atoms with Gasteiger partial charge in [-0.2, -0.15) is 13.2 Å². The predicted octanol–water partition coefficient (Wildman–Crippen LogP) is 4.64. The number of sulfone groups is 1. The number of carbonyl (C=O) groups is 2. The van der Waals surface area contributed by atoms with Crippen LogP contribution in [0.2, 0.25) is 0 Å². The largest absolute Gasteiger partial charge is 0.416 e. The van der Waals surface area contributed by atoms with Crippen LogP contribution in [0.25, 0.3) is 0 Å². The summed E-state index contributed by atoms with van der Waals surface area (Å²) >= 11 is 0. The highest BCUT2D eigenvalue weighted by atomic mass is 32.2. The van der Waals surface area contributed by atoms with Crippen molar-refractivity contribution in [3.63, 3.8) is 0 Å². The van der Waals surface area contributed by atoms with Gasteiger partial charge < -0.3 is 10.6 Å². The zero-order chi connectivity index (χ0) is 23.4. The predicted molar refractivity (Wildman–Crippen MR) is 115 cm³/mol. The molecular weight excluding hydrogens is 445 g/mol. The number of hydrogen-bond acceptors (Lipinski definition) is 4. The summed E-state index contributed by atoms with van der Waals surface area (Å²) in [6.07, 6.45) is -1.84. The van der Waals surface area contributed by atoms with E-state index in [9.17, 15) is 31.2 Å². The number of halogens is 3. The van der Waals surface area contributed by atoms with Crippen molar-refractivity contribution < 1.29 is 31.2 Å². The van der Waals surface area contributed by atoms with Gasteiger partial charge in [0.15, 0.2) is 9.84 Å². The molecular formula is C22H23F3N2O4S. The first kappa shape index (κ1) is 23.8. The highest BCUT2D eigenvalue weighted by molar-refractivity contribution is 7.92. The molecule has 0 atom stereocenters. The summed E-state index contributed by atoms with van der Waals surface area (Å²) in [5.74, 6) is -1.55. The standard InChI is InChI=1S/C22H23F3N2O4S/c23-22(24,25)15-6-5-7-16(14-15)26-21(29)18-10-3-4-11-19(18)27-20(28)12-13-32(30,31)17-8-1-2-9-17/h3-7,10-11,14,17H,1-2,8-9,12-13H2,(H,26,29)(H,27,28). The number of nitrogens with one attached hydrogen (secondary N) is 2. The molecule has 2 aromatic rings. The number of anilines is 2. The summed E-state index contributed by atoms with van der Waals surface area (Å²) in [5.41, 5.74) is -0.772. The van der Waals surface area contributed by atoms with Crippen LogP contribution in [0, 0.1) is 0 Å². The SMILES string of the molecule is O=C(CCS(=O)(=O)C1CCCC1)Nc1ccccc1C(=O)Nc1cccc(C(F)(F)F)c1. The minimum Gasteiger partial charge on any atom is -0.325 e. The Balaban J connectivity index is 1.66. The van der Waals surface area contributed by atoms with Crippen LogP contribution in [0.5, 0.6) is 0 Å². The quantitative estimate of drug-likeness (QED) is 0.619. The van der Waals surface area contributed by atoms with Crippen LogP contribution < -0.4 is 10.6 Å². The Morgan fingerprint density at radius 2 is 1.66 bits per heavy atom. The van der Waals surface area contributed by atoms with Crippen molar-refractivity contribution in [3.05, 3.63) is 59.7 Å². The molecule has 0 bridgehead atoms. The summed E-state index contributed by atoms with van der Waals surface area (Å²) in [6, 6.07) is 10.2. The van der Waals surface area contributed by atoms with E-state index in [0.29, 0.717) is 12.8 Å². The van der Waals surface area contributed by atoms with Crippen molar-refractivity contribution in [2.24, 2.45) is 0 Å². The third-order valence-electron chi connectivity index (χ3n) is 5.32. The maximum absolute atomic E-state index is 12.9. The average Bonchev–Trinajstić information content (AvgIpc) is 3.28. The van der Waals surface area contributed by atoms with Gasteiger partial charge in [-0.3, -0.25) is 9.59 Å². The molecule has 2 N–H and O–H groups in total. The number of benzene rings is 2. The molecule has 6 nitrogen and oxygen atoms in total. The Morgan fingerprint density at radius 3 is 2.34 bits per heavy atom. The Kier molecular flexibility index (Phi) is 7.22. The van der Waals surface area contributed by atoms with Crippen LogP contribution in [0.3, 0.4) is 0 Å². The van der Waals surface area contributed by atoms with E-state index in [1.807, 2.05) is 0 Å². The molecule has 0 saturated heterocycles. The van der Waals surface area contributed by atoms with Gasteiger partial charge in [0.25, 0.3) is 5.91 Å². The van der Waals surface area contributed by atoms with E-state index in [2.05, 4.69) is 10.6 Å². The monoisotopic (exact) mass is 468 g/mol. The van der Waals surface area contributed by atoms with Crippen molar-refractivity contribution in [1.29, 1.82) is 0 Å². The van der Waals surface area contributed by atoms with E-state index in [0.717, 1.165) is 25.0 Å². The van der Waals surface area contributed by atoms with E-state index in [1.165, 1.54) is 24.3 Å². The Bertz CT molecular complexity index is 1090. The first-order valence-corrected chi connectivity index (χ1v) is 11.9. The molecule has 1 fully saturated rings. The lowest BCUT2D eigenvalue weighted by atomic mass is 10.1. The van der Waals surface area contributed by atoms with E-state index in [-0.39, 0.29) is 29.1 Å². The topological polar surface area (TPSA) is 92.3 Å². The Hall–Kier alpha value is -2.88. The molecule has 1 saturated carbocycles. The smallest absolute Gasteiger partial charge is 0.325 e. The zero-order valence-electron chi connectivity index (χ0n) is 17.1. The Morgan fingerprint density at radius 1 is 0.969 bits per heavy atom. The fourth-order valence-electron chi connectivity index (χ4n) is 3.62. The van der Waals surface area contributed by atoms with Crippen LogP contribution in [0.4, 0.5) is 24.5 Å². The van der Waals surface area contributed by atoms with Crippen molar-refractivity contribution >= 4 is 33.0 Å². The average molecular weight is 468 g/mol.